The van der Waals surface area contributed by atoms with E-state index in [0.717, 1.165) is 0 Å². The lowest BCUT2D eigenvalue weighted by atomic mass is 10.1. The van der Waals surface area contributed by atoms with E-state index in [1.807, 2.05) is 13.8 Å². The van der Waals surface area contributed by atoms with Crippen molar-refractivity contribution in [2.45, 2.75) is 32.3 Å². The van der Waals surface area contributed by atoms with Gasteiger partial charge in [-0.2, -0.15) is 0 Å². The van der Waals surface area contributed by atoms with Crippen LogP contribution in [0.4, 0.5) is 5.69 Å². The van der Waals surface area contributed by atoms with Crippen LogP contribution in [0.1, 0.15) is 24.2 Å². The van der Waals surface area contributed by atoms with E-state index in [1.165, 1.54) is 17.1 Å². The van der Waals surface area contributed by atoms with E-state index in [-0.39, 0.29) is 24.4 Å². The molecule has 1 aromatic carbocycles. The number of benzene rings is 1. The number of hydrazine groups is 2. The van der Waals surface area contributed by atoms with Crippen molar-refractivity contribution in [3.05, 3.63) is 35.0 Å². The van der Waals surface area contributed by atoms with Gasteiger partial charge in [0.05, 0.1) is 17.8 Å². The van der Waals surface area contributed by atoms with Crippen molar-refractivity contribution in [1.82, 2.24) is 20.7 Å². The van der Waals surface area contributed by atoms with Gasteiger partial charge in [0.1, 0.15) is 11.9 Å². The lowest BCUT2D eigenvalue weighted by molar-refractivity contribution is 0.0705. The van der Waals surface area contributed by atoms with Crippen LogP contribution in [0.25, 0.3) is 0 Å². The van der Waals surface area contributed by atoms with E-state index in [0.29, 0.717) is 22.0 Å². The molecular weight excluding hydrogens is 358 g/mol. The van der Waals surface area contributed by atoms with Crippen LogP contribution in [0.5, 0.6) is 5.75 Å². The summed E-state index contributed by atoms with van der Waals surface area (Å²) in [5.41, 5.74) is 1.13. The Morgan fingerprint density at radius 2 is 2.08 bits per heavy atom. The number of nitrogens with one attached hydrogen (secondary N) is 3. The van der Waals surface area contributed by atoms with Gasteiger partial charge >= 0.3 is 0 Å². The number of anilines is 1. The minimum atomic E-state index is -0.342. The lowest BCUT2D eigenvalue weighted by Gasteiger charge is -2.34. The number of likely N-dealkylation sites (N-methyl/N-ethyl adjacent to an activating group) is 1. The summed E-state index contributed by atoms with van der Waals surface area (Å²) in [5, 5.41) is 12.7. The number of hydrogen-bond acceptors (Lipinski definition) is 8. The Kier molecular flexibility index (Phi) is 6.68. The van der Waals surface area contributed by atoms with Gasteiger partial charge < -0.3 is 15.4 Å². The Labute approximate surface area is 158 Å². The van der Waals surface area contributed by atoms with Crippen LogP contribution >= 0.6 is 11.6 Å². The molecule has 10 heteroatoms. The predicted octanol–water partition coefficient (Wildman–Crippen LogP) is 0.520. The average Bonchev–Trinajstić information content (AvgIpc) is 2.61. The van der Waals surface area contributed by atoms with Crippen LogP contribution in [0.15, 0.2) is 29.4 Å². The third kappa shape index (κ3) is 4.57. The Hall–Kier alpha value is -2.04. The first-order chi connectivity index (χ1) is 12.2. The van der Waals surface area contributed by atoms with E-state index < -0.39 is 0 Å². The van der Waals surface area contributed by atoms with Crippen LogP contribution in [0, 0.1) is 0 Å². The number of nitrogens with two attached hydrogens (primary N) is 2. The normalized spacial score (nSPS) is 19.8. The fourth-order valence-electron chi connectivity index (χ4n) is 2.41. The van der Waals surface area contributed by atoms with E-state index in [2.05, 4.69) is 16.0 Å². The highest BCUT2D eigenvalue weighted by Crippen LogP contribution is 2.27. The topological polar surface area (TPSA) is 121 Å². The molecule has 0 radical (unpaired) electrons. The molecular formula is C16H26ClN7O2. The molecule has 1 amide bonds. The highest BCUT2D eigenvalue weighted by Gasteiger charge is 2.25. The summed E-state index contributed by atoms with van der Waals surface area (Å²) in [6, 6.07) is 4.98. The summed E-state index contributed by atoms with van der Waals surface area (Å²) >= 11 is 6.12. The summed E-state index contributed by atoms with van der Waals surface area (Å²) in [5.74, 6) is 11.8. The molecule has 1 aromatic rings. The van der Waals surface area contributed by atoms with Gasteiger partial charge in [0, 0.05) is 24.9 Å². The Balaban J connectivity index is 2.17. The molecule has 1 aliphatic heterocycles. The van der Waals surface area contributed by atoms with Crippen LogP contribution < -0.4 is 32.4 Å². The maximum Gasteiger partial charge on any atom is 0.268 e. The molecule has 0 spiro atoms. The van der Waals surface area contributed by atoms with E-state index >= 15 is 0 Å². The van der Waals surface area contributed by atoms with Crippen molar-refractivity contribution >= 4 is 23.2 Å². The Bertz CT molecular complexity index is 681. The van der Waals surface area contributed by atoms with E-state index in [4.69, 9.17) is 28.0 Å². The van der Waals surface area contributed by atoms with Gasteiger partial charge in [0.25, 0.3) is 5.91 Å². The third-order valence-corrected chi connectivity index (χ3v) is 4.24. The number of ether oxygens (including phenoxy) is 1. The summed E-state index contributed by atoms with van der Waals surface area (Å²) in [4.78, 5) is 12.4. The molecule has 26 heavy (non-hydrogen) atoms. The number of hydrogen-bond donors (Lipinski definition) is 5. The van der Waals surface area contributed by atoms with Crippen molar-refractivity contribution in [3.63, 3.8) is 0 Å². The van der Waals surface area contributed by atoms with Gasteiger partial charge in [-0.3, -0.25) is 21.0 Å². The summed E-state index contributed by atoms with van der Waals surface area (Å²) < 4.78 is 5.41. The SMILES string of the molecule is COc1cc(C(=O)N(N)C(C)C)ccc1NC1NC=C(Cl)C(N(C)N)N1. The zero-order valence-electron chi connectivity index (χ0n) is 15.3. The second kappa shape index (κ2) is 8.56. The standard InChI is InChI=1S/C16H26ClN7O2/c1-9(2)24(19)15(25)10-5-6-12(13(7-10)26-4)21-16-20-8-11(17)14(22-16)23(3)18/h5-9,14,16,20-22H,18-19H2,1-4H3. The molecule has 0 fully saturated rings. The second-order valence-electron chi connectivity index (χ2n) is 6.23. The number of rotatable bonds is 6. The summed E-state index contributed by atoms with van der Waals surface area (Å²) in [6.07, 6.45) is 0.994. The summed E-state index contributed by atoms with van der Waals surface area (Å²) in [7, 11) is 3.25. The zero-order chi connectivity index (χ0) is 19.4. The van der Waals surface area contributed by atoms with Gasteiger partial charge in [-0.1, -0.05) is 11.6 Å². The zero-order valence-corrected chi connectivity index (χ0v) is 16.0. The van der Waals surface area contributed by atoms with Crippen molar-refractivity contribution in [2.75, 3.05) is 19.5 Å². The van der Waals surface area contributed by atoms with Gasteiger partial charge in [-0.15, -0.1) is 0 Å². The van der Waals surface area contributed by atoms with Crippen LogP contribution in [-0.4, -0.2) is 48.6 Å². The van der Waals surface area contributed by atoms with Crippen LogP contribution in [-0.2, 0) is 0 Å². The molecule has 2 unspecified atom stereocenters. The van der Waals surface area contributed by atoms with Crippen molar-refractivity contribution in [3.8, 4) is 5.75 Å². The number of carbonyl (C=O) groups is 1. The first-order valence-electron chi connectivity index (χ1n) is 8.12. The molecule has 9 nitrogen and oxygen atoms in total. The molecule has 144 valence electrons. The predicted molar refractivity (Wildman–Crippen MR) is 102 cm³/mol. The monoisotopic (exact) mass is 383 g/mol. The molecule has 7 N–H and O–H groups in total. The fourth-order valence-corrected chi connectivity index (χ4v) is 2.69. The molecule has 0 aromatic heterocycles. The van der Waals surface area contributed by atoms with Crippen LogP contribution in [0.2, 0.25) is 0 Å². The fraction of sp³-hybridized carbons (Fsp3) is 0.438. The Morgan fingerprint density at radius 1 is 1.38 bits per heavy atom. The number of methoxy groups -OCH3 is 1. The van der Waals surface area contributed by atoms with Gasteiger partial charge in [-0.05, 0) is 32.0 Å². The number of halogens is 1. The van der Waals surface area contributed by atoms with Gasteiger partial charge in [-0.25, -0.2) is 10.9 Å². The highest BCUT2D eigenvalue weighted by atomic mass is 35.5. The minimum absolute atomic E-state index is 0.108. The van der Waals surface area contributed by atoms with Crippen molar-refractivity contribution < 1.29 is 9.53 Å². The molecule has 0 aliphatic carbocycles. The highest BCUT2D eigenvalue weighted by molar-refractivity contribution is 6.30. The quantitative estimate of drug-likeness (QED) is 0.274. The third-order valence-electron chi connectivity index (χ3n) is 3.92. The first kappa shape index (κ1) is 20.3. The molecule has 1 heterocycles. The maximum absolute atomic E-state index is 12.4. The number of amides is 1. The molecule has 0 saturated heterocycles. The average molecular weight is 384 g/mol. The van der Waals surface area contributed by atoms with Crippen LogP contribution in [0.3, 0.4) is 0 Å². The van der Waals surface area contributed by atoms with Crippen molar-refractivity contribution in [2.24, 2.45) is 11.7 Å². The first-order valence-corrected chi connectivity index (χ1v) is 8.50. The molecule has 2 rings (SSSR count). The van der Waals surface area contributed by atoms with Gasteiger partial charge in [0.2, 0.25) is 0 Å². The second-order valence-corrected chi connectivity index (χ2v) is 6.67. The largest absolute Gasteiger partial charge is 0.495 e. The van der Waals surface area contributed by atoms with Gasteiger partial charge in [0.15, 0.2) is 6.29 Å². The molecule has 0 bridgehead atoms. The van der Waals surface area contributed by atoms with Crippen molar-refractivity contribution in [1.29, 1.82) is 0 Å². The van der Waals surface area contributed by atoms with E-state index in [1.54, 1.807) is 31.4 Å². The number of carbonyl (C=O) groups excluding carboxylic acids is 1. The molecule has 1 aliphatic rings. The van der Waals surface area contributed by atoms with E-state index in [9.17, 15) is 4.79 Å². The smallest absolute Gasteiger partial charge is 0.268 e. The number of nitrogens with zero attached hydrogens (tertiary/aromatic N) is 2. The molecule has 2 atom stereocenters. The maximum atomic E-state index is 12.4. The Morgan fingerprint density at radius 3 is 2.65 bits per heavy atom. The summed E-state index contributed by atoms with van der Waals surface area (Å²) in [6.45, 7) is 3.68. The lowest BCUT2D eigenvalue weighted by Crippen LogP contribution is -2.60. The molecule has 0 saturated carbocycles. The minimum Gasteiger partial charge on any atom is -0.495 e.